The molecule has 0 saturated carbocycles. The number of aliphatic hydroxyl groups excluding tert-OH is 1. The van der Waals surface area contributed by atoms with Gasteiger partial charge in [0.15, 0.2) is 0 Å². The number of carbonyl (C=O) groups excluding carboxylic acids is 1. The van der Waals surface area contributed by atoms with Crippen LogP contribution in [0.2, 0.25) is 0 Å². The summed E-state index contributed by atoms with van der Waals surface area (Å²) in [5, 5.41) is 16.2. The molecule has 4 rings (SSSR count). The molecule has 0 bridgehead atoms. The van der Waals surface area contributed by atoms with Gasteiger partial charge in [0.05, 0.1) is 23.9 Å². The van der Waals surface area contributed by atoms with Gasteiger partial charge in [-0.3, -0.25) is 9.78 Å². The first kappa shape index (κ1) is 20.3. The van der Waals surface area contributed by atoms with Gasteiger partial charge < -0.3 is 15.4 Å². The maximum Gasteiger partial charge on any atom is 0.271 e. The van der Waals surface area contributed by atoms with Crippen molar-refractivity contribution < 1.29 is 9.90 Å². The SMILES string of the molecule is O=C(NCc1ncccc1CO)c1csc(CCCCc2cc3ccccc3[nH]2)n1. The predicted octanol–water partition coefficient (Wildman–Crippen LogP) is 4.01. The lowest BCUT2D eigenvalue weighted by molar-refractivity contribution is 0.0945. The molecule has 6 nitrogen and oxygen atoms in total. The second kappa shape index (κ2) is 9.65. The number of para-hydroxylation sites is 1. The molecule has 0 fully saturated rings. The van der Waals surface area contributed by atoms with E-state index in [2.05, 4.69) is 44.5 Å². The Balaban J connectivity index is 1.24. The van der Waals surface area contributed by atoms with E-state index in [1.54, 1.807) is 23.7 Å². The molecule has 4 aromatic rings. The number of carbonyl (C=O) groups is 1. The molecular formula is C23H24N4O2S. The predicted molar refractivity (Wildman–Crippen MR) is 118 cm³/mol. The number of rotatable bonds is 9. The minimum atomic E-state index is -0.217. The lowest BCUT2D eigenvalue weighted by atomic mass is 10.1. The number of fused-ring (bicyclic) bond motifs is 1. The van der Waals surface area contributed by atoms with Crippen molar-refractivity contribution in [2.75, 3.05) is 0 Å². The number of aromatic nitrogens is 3. The van der Waals surface area contributed by atoms with Gasteiger partial charge in [0.2, 0.25) is 0 Å². The summed E-state index contributed by atoms with van der Waals surface area (Å²) in [6.45, 7) is 0.172. The second-order valence-electron chi connectivity index (χ2n) is 7.17. The molecule has 0 saturated heterocycles. The second-order valence-corrected chi connectivity index (χ2v) is 8.11. The molecule has 3 N–H and O–H groups in total. The van der Waals surface area contributed by atoms with E-state index < -0.39 is 0 Å². The van der Waals surface area contributed by atoms with Gasteiger partial charge in [-0.1, -0.05) is 24.3 Å². The summed E-state index contributed by atoms with van der Waals surface area (Å²) >= 11 is 1.52. The van der Waals surface area contributed by atoms with Gasteiger partial charge in [0, 0.05) is 28.4 Å². The minimum Gasteiger partial charge on any atom is -0.392 e. The van der Waals surface area contributed by atoms with Crippen LogP contribution in [0.1, 0.15) is 45.3 Å². The fraction of sp³-hybridized carbons (Fsp3) is 0.261. The van der Waals surface area contributed by atoms with Crippen molar-refractivity contribution in [1.82, 2.24) is 20.3 Å². The minimum absolute atomic E-state index is 0.0988. The van der Waals surface area contributed by atoms with Crippen molar-refractivity contribution in [2.45, 2.75) is 38.8 Å². The summed E-state index contributed by atoms with van der Waals surface area (Å²) in [6.07, 6.45) is 5.62. The van der Waals surface area contributed by atoms with Crippen molar-refractivity contribution in [1.29, 1.82) is 0 Å². The van der Waals surface area contributed by atoms with Crippen molar-refractivity contribution in [3.8, 4) is 0 Å². The van der Waals surface area contributed by atoms with Gasteiger partial charge in [0.1, 0.15) is 5.69 Å². The normalized spacial score (nSPS) is 11.1. The Hall–Kier alpha value is -3.03. The topological polar surface area (TPSA) is 90.9 Å². The van der Waals surface area contributed by atoms with Crippen molar-refractivity contribution in [2.24, 2.45) is 0 Å². The number of unbranched alkanes of at least 4 members (excludes halogenated alkanes) is 1. The quantitative estimate of drug-likeness (QED) is 0.357. The van der Waals surface area contributed by atoms with Crippen LogP contribution in [-0.4, -0.2) is 26.0 Å². The number of hydrogen-bond donors (Lipinski definition) is 3. The van der Waals surface area contributed by atoms with Crippen molar-refractivity contribution in [3.05, 3.63) is 81.7 Å². The van der Waals surface area contributed by atoms with E-state index in [0.717, 1.165) is 30.7 Å². The summed E-state index contributed by atoms with van der Waals surface area (Å²) < 4.78 is 0. The van der Waals surface area contributed by atoms with E-state index in [-0.39, 0.29) is 19.1 Å². The largest absolute Gasteiger partial charge is 0.392 e. The highest BCUT2D eigenvalue weighted by molar-refractivity contribution is 7.09. The van der Waals surface area contributed by atoms with Crippen LogP contribution in [0.25, 0.3) is 10.9 Å². The monoisotopic (exact) mass is 420 g/mol. The Morgan fingerprint density at radius 1 is 1.13 bits per heavy atom. The summed E-state index contributed by atoms with van der Waals surface area (Å²) in [7, 11) is 0. The molecule has 154 valence electrons. The Morgan fingerprint density at radius 3 is 2.87 bits per heavy atom. The van der Waals surface area contributed by atoms with Crippen LogP contribution in [0, 0.1) is 0 Å². The number of nitrogens with zero attached hydrogens (tertiary/aromatic N) is 2. The zero-order valence-electron chi connectivity index (χ0n) is 16.6. The van der Waals surface area contributed by atoms with Gasteiger partial charge >= 0.3 is 0 Å². The van der Waals surface area contributed by atoms with Gasteiger partial charge in [-0.2, -0.15) is 0 Å². The van der Waals surface area contributed by atoms with E-state index in [9.17, 15) is 9.90 Å². The average molecular weight is 421 g/mol. The Bertz CT molecular complexity index is 1100. The maximum absolute atomic E-state index is 12.4. The first-order valence-electron chi connectivity index (χ1n) is 10.1. The molecule has 0 aliphatic rings. The summed E-state index contributed by atoms with van der Waals surface area (Å²) in [4.78, 5) is 24.5. The van der Waals surface area contributed by atoms with Crippen LogP contribution >= 0.6 is 11.3 Å². The molecule has 0 atom stereocenters. The number of hydrogen-bond acceptors (Lipinski definition) is 5. The Kier molecular flexibility index (Phi) is 6.51. The summed E-state index contributed by atoms with van der Waals surface area (Å²) in [5.41, 5.74) is 4.26. The molecule has 3 heterocycles. The molecule has 0 aliphatic carbocycles. The Morgan fingerprint density at radius 2 is 2.00 bits per heavy atom. The highest BCUT2D eigenvalue weighted by atomic mass is 32.1. The van der Waals surface area contributed by atoms with Crippen LogP contribution in [0.4, 0.5) is 0 Å². The third-order valence-corrected chi connectivity index (χ3v) is 5.94. The third-order valence-electron chi connectivity index (χ3n) is 5.03. The fourth-order valence-electron chi connectivity index (χ4n) is 3.42. The third kappa shape index (κ3) is 4.93. The average Bonchev–Trinajstić information content (AvgIpc) is 3.42. The lowest BCUT2D eigenvalue weighted by Crippen LogP contribution is -2.24. The number of nitrogens with one attached hydrogen (secondary N) is 2. The summed E-state index contributed by atoms with van der Waals surface area (Å²) in [5.74, 6) is -0.217. The number of pyridine rings is 1. The van der Waals surface area contributed by atoms with Crippen LogP contribution in [0.15, 0.2) is 54.0 Å². The van der Waals surface area contributed by atoms with E-state index in [1.807, 2.05) is 6.07 Å². The molecule has 1 aromatic carbocycles. The molecule has 0 spiro atoms. The molecule has 1 amide bonds. The van der Waals surface area contributed by atoms with Crippen LogP contribution in [0.5, 0.6) is 0 Å². The van der Waals surface area contributed by atoms with E-state index in [0.29, 0.717) is 17.0 Å². The highest BCUT2D eigenvalue weighted by Crippen LogP contribution is 2.18. The number of thiazole rings is 1. The highest BCUT2D eigenvalue weighted by Gasteiger charge is 2.12. The molecule has 7 heteroatoms. The number of H-pyrrole nitrogens is 1. The fourth-order valence-corrected chi connectivity index (χ4v) is 4.24. The molecule has 3 aromatic heterocycles. The molecule has 0 unspecified atom stereocenters. The lowest BCUT2D eigenvalue weighted by Gasteiger charge is -2.06. The van der Waals surface area contributed by atoms with Crippen LogP contribution in [-0.2, 0) is 26.0 Å². The van der Waals surface area contributed by atoms with Crippen molar-refractivity contribution in [3.63, 3.8) is 0 Å². The molecular weight excluding hydrogens is 396 g/mol. The zero-order valence-corrected chi connectivity index (χ0v) is 17.4. The van der Waals surface area contributed by atoms with Gasteiger partial charge in [-0.05, 0) is 49.3 Å². The van der Waals surface area contributed by atoms with E-state index in [4.69, 9.17) is 0 Å². The number of amides is 1. The van der Waals surface area contributed by atoms with Crippen LogP contribution < -0.4 is 5.32 Å². The number of benzene rings is 1. The zero-order chi connectivity index (χ0) is 20.8. The number of aliphatic hydroxyl groups is 1. The smallest absolute Gasteiger partial charge is 0.271 e. The van der Waals surface area contributed by atoms with E-state index in [1.165, 1.54) is 27.9 Å². The molecule has 0 aliphatic heterocycles. The molecule has 30 heavy (non-hydrogen) atoms. The summed E-state index contributed by atoms with van der Waals surface area (Å²) in [6, 6.07) is 14.1. The Labute approximate surface area is 179 Å². The van der Waals surface area contributed by atoms with Crippen molar-refractivity contribution >= 4 is 28.1 Å². The van der Waals surface area contributed by atoms with Gasteiger partial charge in [0.25, 0.3) is 5.91 Å². The maximum atomic E-state index is 12.4. The first-order chi connectivity index (χ1) is 14.7. The standard InChI is InChI=1S/C23H24N4O2S/c28-14-17-7-5-11-24-20(17)13-25-23(29)21-15-30-22(27-21)10-4-2-8-18-12-16-6-1-3-9-19(16)26-18/h1,3,5-7,9,11-12,15,26,28H,2,4,8,10,13-14H2,(H,25,29). The van der Waals surface area contributed by atoms with E-state index >= 15 is 0 Å². The molecule has 0 radical (unpaired) electrons. The number of aromatic amines is 1. The van der Waals surface area contributed by atoms with Gasteiger partial charge in [-0.15, -0.1) is 11.3 Å². The van der Waals surface area contributed by atoms with Gasteiger partial charge in [-0.25, -0.2) is 4.98 Å². The first-order valence-corrected chi connectivity index (χ1v) is 10.9. The number of aryl methyl sites for hydroxylation is 2. The van der Waals surface area contributed by atoms with Crippen LogP contribution in [0.3, 0.4) is 0 Å².